The third kappa shape index (κ3) is 6.86. The third-order valence-corrected chi connectivity index (χ3v) is 6.57. The average Bonchev–Trinajstić information content (AvgIpc) is 2.80. The number of hydrogen-bond donors (Lipinski definition) is 0. The second-order valence-electron chi connectivity index (χ2n) is 9.63. The average molecular weight is 456 g/mol. The summed E-state index contributed by atoms with van der Waals surface area (Å²) in [5.74, 6) is 1.68. The van der Waals surface area contributed by atoms with E-state index in [2.05, 4.69) is 32.6 Å². The number of carbonyl (C=O) groups is 1. The topological polar surface area (TPSA) is 48.0 Å². The van der Waals surface area contributed by atoms with E-state index >= 15 is 0 Å². The Morgan fingerprint density at radius 3 is 2.39 bits per heavy atom. The van der Waals surface area contributed by atoms with Gasteiger partial charge in [0.2, 0.25) is 0 Å². The van der Waals surface area contributed by atoms with Crippen LogP contribution in [0.5, 0.6) is 11.5 Å². The Labute approximate surface area is 199 Å². The zero-order valence-corrected chi connectivity index (χ0v) is 21.1. The van der Waals surface area contributed by atoms with Crippen LogP contribution in [0.15, 0.2) is 30.3 Å². The molecule has 0 spiro atoms. The number of esters is 1. The fraction of sp³-hybridized carbons (Fsp3) is 0.607. The molecule has 3 rings (SSSR count). The van der Waals surface area contributed by atoms with Crippen molar-refractivity contribution in [2.75, 3.05) is 26.4 Å². The van der Waals surface area contributed by atoms with Crippen molar-refractivity contribution in [2.24, 2.45) is 5.92 Å². The summed E-state index contributed by atoms with van der Waals surface area (Å²) >= 11 is 0. The van der Waals surface area contributed by atoms with Gasteiger partial charge in [-0.3, -0.25) is 4.90 Å². The molecule has 0 heterocycles. The molecule has 0 atom stereocenters. The lowest BCUT2D eigenvalue weighted by atomic mass is 9.90. The molecular formula is C28H41NO4. The molecule has 182 valence electrons. The lowest BCUT2D eigenvalue weighted by Gasteiger charge is -2.30. The Balaban J connectivity index is 1.84. The molecule has 0 aromatic heterocycles. The van der Waals surface area contributed by atoms with Crippen LogP contribution in [0.4, 0.5) is 0 Å². The zero-order valence-electron chi connectivity index (χ0n) is 21.1. The van der Waals surface area contributed by atoms with Gasteiger partial charge in [-0.2, -0.15) is 0 Å². The molecule has 1 aliphatic rings. The van der Waals surface area contributed by atoms with Gasteiger partial charge in [0.25, 0.3) is 0 Å². The Kier molecular flexibility index (Phi) is 9.42. The lowest BCUT2D eigenvalue weighted by molar-refractivity contribution is 0.0520. The number of fused-ring (bicyclic) bond motifs is 1. The quantitative estimate of drug-likeness (QED) is 0.363. The van der Waals surface area contributed by atoms with Crippen LogP contribution in [0, 0.1) is 5.92 Å². The first-order chi connectivity index (χ1) is 15.9. The smallest absolute Gasteiger partial charge is 0.341 e. The predicted octanol–water partition coefficient (Wildman–Crippen LogP) is 6.47. The zero-order chi connectivity index (χ0) is 23.8. The summed E-state index contributed by atoms with van der Waals surface area (Å²) in [6.45, 7) is 12.9. The van der Waals surface area contributed by atoms with Crippen LogP contribution < -0.4 is 9.47 Å². The number of rotatable bonds is 11. The van der Waals surface area contributed by atoms with E-state index in [1.807, 2.05) is 37.3 Å². The molecule has 0 aliphatic heterocycles. The highest BCUT2D eigenvalue weighted by Crippen LogP contribution is 2.34. The first kappa shape index (κ1) is 25.4. The first-order valence-electron chi connectivity index (χ1n) is 12.7. The van der Waals surface area contributed by atoms with Gasteiger partial charge in [0, 0.05) is 24.0 Å². The fourth-order valence-electron chi connectivity index (χ4n) is 4.83. The standard InChI is InChI=1S/C28H41NO4/c1-6-31-28(30)25-17-23-13-10-14-26(33-19-22-11-8-7-9-12-22)24(23)18-27(25)32-16-15-29(20(2)3)21(4)5/h10,13-14,17-18,20-22H,6-9,11-12,15-16,19H2,1-5H3. The van der Waals surface area contributed by atoms with Crippen LogP contribution in [-0.2, 0) is 4.74 Å². The van der Waals surface area contributed by atoms with Crippen molar-refractivity contribution in [1.29, 1.82) is 0 Å². The molecule has 0 bridgehead atoms. The van der Waals surface area contributed by atoms with E-state index in [1.165, 1.54) is 32.1 Å². The minimum Gasteiger partial charge on any atom is -0.493 e. The molecule has 5 nitrogen and oxygen atoms in total. The minimum absolute atomic E-state index is 0.329. The first-order valence-corrected chi connectivity index (χ1v) is 12.7. The van der Waals surface area contributed by atoms with Gasteiger partial charge in [-0.15, -0.1) is 0 Å². The molecule has 1 fully saturated rings. The SMILES string of the molecule is CCOC(=O)c1cc2cccc(OCC3CCCCC3)c2cc1OCCN(C(C)C)C(C)C. The van der Waals surface area contributed by atoms with E-state index in [0.717, 1.165) is 29.7 Å². The number of ether oxygens (including phenoxy) is 3. The molecule has 0 amide bonds. The summed E-state index contributed by atoms with van der Waals surface area (Å²) in [6.07, 6.45) is 6.43. The molecule has 0 N–H and O–H groups in total. The van der Waals surface area contributed by atoms with Crippen molar-refractivity contribution in [2.45, 2.75) is 78.8 Å². The maximum absolute atomic E-state index is 12.7. The highest BCUT2D eigenvalue weighted by atomic mass is 16.5. The van der Waals surface area contributed by atoms with Gasteiger partial charge in [-0.05, 0) is 77.0 Å². The normalized spacial score (nSPS) is 14.9. The van der Waals surface area contributed by atoms with Crippen molar-refractivity contribution >= 4 is 16.7 Å². The molecule has 2 aromatic rings. The van der Waals surface area contributed by atoms with Gasteiger partial charge >= 0.3 is 5.97 Å². The Hall–Kier alpha value is -2.27. The molecule has 1 saturated carbocycles. The maximum Gasteiger partial charge on any atom is 0.341 e. The number of nitrogens with zero attached hydrogens (tertiary/aromatic N) is 1. The van der Waals surface area contributed by atoms with Gasteiger partial charge in [0.1, 0.15) is 23.7 Å². The monoisotopic (exact) mass is 455 g/mol. The van der Waals surface area contributed by atoms with Gasteiger partial charge in [-0.25, -0.2) is 4.79 Å². The summed E-state index contributed by atoms with van der Waals surface area (Å²) < 4.78 is 17.8. The van der Waals surface area contributed by atoms with Gasteiger partial charge in [0.15, 0.2) is 0 Å². The molecule has 0 saturated heterocycles. The van der Waals surface area contributed by atoms with Gasteiger partial charge in [0.05, 0.1) is 13.2 Å². The molecule has 5 heteroatoms. The molecule has 2 aromatic carbocycles. The second-order valence-corrected chi connectivity index (χ2v) is 9.63. The predicted molar refractivity (Wildman–Crippen MR) is 134 cm³/mol. The second kappa shape index (κ2) is 12.3. The van der Waals surface area contributed by atoms with E-state index in [4.69, 9.17) is 14.2 Å². The van der Waals surface area contributed by atoms with E-state index in [-0.39, 0.29) is 5.97 Å². The molecular weight excluding hydrogens is 414 g/mol. The molecule has 33 heavy (non-hydrogen) atoms. The maximum atomic E-state index is 12.7. The van der Waals surface area contributed by atoms with Crippen LogP contribution >= 0.6 is 0 Å². The Morgan fingerprint density at radius 1 is 1.00 bits per heavy atom. The number of hydrogen-bond acceptors (Lipinski definition) is 5. The summed E-state index contributed by atoms with van der Waals surface area (Å²) in [5, 5.41) is 1.93. The van der Waals surface area contributed by atoms with E-state index in [0.29, 0.717) is 42.5 Å². The van der Waals surface area contributed by atoms with Crippen LogP contribution in [0.1, 0.15) is 77.1 Å². The highest BCUT2D eigenvalue weighted by Gasteiger charge is 2.20. The van der Waals surface area contributed by atoms with Crippen LogP contribution in [0.2, 0.25) is 0 Å². The Bertz CT molecular complexity index is 894. The summed E-state index contributed by atoms with van der Waals surface area (Å²) in [5.41, 5.74) is 0.467. The molecule has 0 unspecified atom stereocenters. The van der Waals surface area contributed by atoms with E-state index < -0.39 is 0 Å². The molecule has 0 radical (unpaired) electrons. The van der Waals surface area contributed by atoms with Crippen LogP contribution in [0.3, 0.4) is 0 Å². The van der Waals surface area contributed by atoms with E-state index in [9.17, 15) is 4.79 Å². The van der Waals surface area contributed by atoms with Gasteiger partial charge in [-0.1, -0.05) is 31.4 Å². The van der Waals surface area contributed by atoms with E-state index in [1.54, 1.807) is 0 Å². The minimum atomic E-state index is -0.354. The lowest BCUT2D eigenvalue weighted by Crippen LogP contribution is -2.39. The largest absolute Gasteiger partial charge is 0.493 e. The van der Waals surface area contributed by atoms with Crippen molar-refractivity contribution < 1.29 is 19.0 Å². The summed E-state index contributed by atoms with van der Waals surface area (Å²) in [7, 11) is 0. The van der Waals surface area contributed by atoms with Crippen molar-refractivity contribution in [3.05, 3.63) is 35.9 Å². The third-order valence-electron chi connectivity index (χ3n) is 6.57. The highest BCUT2D eigenvalue weighted by molar-refractivity contribution is 6.00. The summed E-state index contributed by atoms with van der Waals surface area (Å²) in [6, 6.07) is 10.7. The number of carbonyl (C=O) groups excluding carboxylic acids is 1. The Morgan fingerprint density at radius 2 is 1.73 bits per heavy atom. The van der Waals surface area contributed by atoms with Crippen molar-refractivity contribution in [3.8, 4) is 11.5 Å². The summed E-state index contributed by atoms with van der Waals surface area (Å²) in [4.78, 5) is 15.1. The van der Waals surface area contributed by atoms with Crippen molar-refractivity contribution in [3.63, 3.8) is 0 Å². The van der Waals surface area contributed by atoms with Crippen LogP contribution in [0.25, 0.3) is 10.8 Å². The van der Waals surface area contributed by atoms with Crippen LogP contribution in [-0.4, -0.2) is 49.3 Å². The molecule has 1 aliphatic carbocycles. The number of benzene rings is 2. The van der Waals surface area contributed by atoms with Crippen molar-refractivity contribution in [1.82, 2.24) is 4.90 Å². The van der Waals surface area contributed by atoms with Gasteiger partial charge < -0.3 is 14.2 Å². The fourth-order valence-corrected chi connectivity index (χ4v) is 4.83.